The summed E-state index contributed by atoms with van der Waals surface area (Å²) in [5.74, 6) is -0.670. The average Bonchev–Trinajstić information content (AvgIpc) is 2.38. The van der Waals surface area contributed by atoms with Gasteiger partial charge in [0.1, 0.15) is 6.29 Å². The van der Waals surface area contributed by atoms with Gasteiger partial charge in [-0.1, -0.05) is 51.1 Å². The highest BCUT2D eigenvalue weighted by Gasteiger charge is 2.23. The van der Waals surface area contributed by atoms with Gasteiger partial charge in [0.05, 0.1) is 5.92 Å². The van der Waals surface area contributed by atoms with Crippen molar-refractivity contribution >= 4 is 6.29 Å². The molecule has 0 saturated carbocycles. The number of benzene rings is 1. The molecule has 0 fully saturated rings. The molecule has 0 saturated heterocycles. The minimum atomic E-state index is -0.377. The highest BCUT2D eigenvalue weighted by molar-refractivity contribution is 5.55. The van der Waals surface area contributed by atoms with E-state index in [1.54, 1.807) is 6.92 Å². The number of hydrogen-bond donors (Lipinski definition) is 0. The molecular weight excluding hydrogens is 218 g/mol. The van der Waals surface area contributed by atoms with Crippen molar-refractivity contribution in [3.63, 3.8) is 0 Å². The highest BCUT2D eigenvalue weighted by atomic mass is 16.6. The normalized spacial score (nSPS) is 12.9. The van der Waals surface area contributed by atoms with Crippen molar-refractivity contribution in [2.24, 2.45) is 5.92 Å². The maximum Gasteiger partial charge on any atom is 0.211 e. The van der Waals surface area contributed by atoms with Crippen LogP contribution in [0.4, 0.5) is 0 Å². The molecule has 94 valence electrons. The first kappa shape index (κ1) is 15.3. The summed E-state index contributed by atoms with van der Waals surface area (Å²) in [5.41, 5.74) is 0.841. The Bertz CT molecular complexity index is 338. The van der Waals surface area contributed by atoms with E-state index in [2.05, 4.69) is 0 Å². The molecule has 2 unspecified atom stereocenters. The molecule has 17 heavy (non-hydrogen) atoms. The van der Waals surface area contributed by atoms with Gasteiger partial charge in [-0.05, 0) is 5.56 Å². The summed E-state index contributed by atoms with van der Waals surface area (Å²) in [7, 11) is 0. The van der Waals surface area contributed by atoms with E-state index in [0.717, 1.165) is 11.8 Å². The SMILES string of the molecule is CC.CC(C=O)C(C[N+](=O)[O-])c1ccccc1. The molecule has 1 aromatic rings. The Morgan fingerprint density at radius 3 is 2.24 bits per heavy atom. The Hall–Kier alpha value is -1.71. The average molecular weight is 237 g/mol. The monoisotopic (exact) mass is 237 g/mol. The summed E-state index contributed by atoms with van der Waals surface area (Å²) >= 11 is 0. The lowest BCUT2D eigenvalue weighted by molar-refractivity contribution is -0.484. The maximum atomic E-state index is 10.7. The lowest BCUT2D eigenvalue weighted by Crippen LogP contribution is -2.20. The molecule has 0 spiro atoms. The van der Waals surface area contributed by atoms with E-state index in [4.69, 9.17) is 0 Å². The van der Waals surface area contributed by atoms with Crippen LogP contribution in [0.25, 0.3) is 0 Å². The van der Waals surface area contributed by atoms with Gasteiger partial charge in [0.15, 0.2) is 0 Å². The Morgan fingerprint density at radius 2 is 1.82 bits per heavy atom. The Labute approximate surface area is 102 Å². The third-order valence-electron chi connectivity index (χ3n) is 2.42. The molecule has 0 bridgehead atoms. The summed E-state index contributed by atoms with van der Waals surface area (Å²) in [4.78, 5) is 20.8. The van der Waals surface area contributed by atoms with E-state index < -0.39 is 0 Å². The molecule has 4 nitrogen and oxygen atoms in total. The van der Waals surface area contributed by atoms with Crippen molar-refractivity contribution in [2.45, 2.75) is 26.7 Å². The standard InChI is InChI=1S/C11H13NO3.C2H6/c1-9(8-13)11(7-12(14)15)10-5-3-2-4-6-10;1-2/h2-6,8-9,11H,7H2,1H3;1-2H3. The van der Waals surface area contributed by atoms with Crippen molar-refractivity contribution < 1.29 is 9.72 Å². The highest BCUT2D eigenvalue weighted by Crippen LogP contribution is 2.23. The Balaban J connectivity index is 0.00000121. The lowest BCUT2D eigenvalue weighted by atomic mass is 9.88. The number of nitro groups is 1. The molecule has 0 aromatic heterocycles. The van der Waals surface area contributed by atoms with Crippen LogP contribution in [0.3, 0.4) is 0 Å². The second-order valence-electron chi connectivity index (χ2n) is 3.53. The smallest absolute Gasteiger partial charge is 0.211 e. The molecule has 2 atom stereocenters. The first-order valence-electron chi connectivity index (χ1n) is 5.77. The third-order valence-corrected chi connectivity index (χ3v) is 2.42. The van der Waals surface area contributed by atoms with Gasteiger partial charge < -0.3 is 4.79 Å². The van der Waals surface area contributed by atoms with Crippen LogP contribution in [0, 0.1) is 16.0 Å². The topological polar surface area (TPSA) is 60.2 Å². The summed E-state index contributed by atoms with van der Waals surface area (Å²) < 4.78 is 0. The van der Waals surface area contributed by atoms with E-state index >= 15 is 0 Å². The molecule has 0 aliphatic rings. The van der Waals surface area contributed by atoms with Crippen LogP contribution in [0.5, 0.6) is 0 Å². The fourth-order valence-electron chi connectivity index (χ4n) is 1.53. The van der Waals surface area contributed by atoms with Gasteiger partial charge in [-0.3, -0.25) is 10.1 Å². The van der Waals surface area contributed by atoms with Gasteiger partial charge in [-0.25, -0.2) is 0 Å². The van der Waals surface area contributed by atoms with Crippen LogP contribution in [0.15, 0.2) is 30.3 Å². The quantitative estimate of drug-likeness (QED) is 0.449. The van der Waals surface area contributed by atoms with Gasteiger partial charge in [-0.15, -0.1) is 0 Å². The number of carbonyl (C=O) groups excluding carboxylic acids is 1. The second kappa shape index (κ2) is 8.44. The van der Waals surface area contributed by atoms with E-state index in [1.807, 2.05) is 44.2 Å². The largest absolute Gasteiger partial charge is 0.303 e. The predicted molar refractivity (Wildman–Crippen MR) is 67.6 cm³/mol. The Kier molecular flexibility index (Phi) is 7.59. The number of rotatable bonds is 5. The molecule has 4 heteroatoms. The first-order valence-corrected chi connectivity index (χ1v) is 5.77. The van der Waals surface area contributed by atoms with Crippen LogP contribution in [-0.2, 0) is 4.79 Å². The zero-order valence-corrected chi connectivity index (χ0v) is 10.5. The van der Waals surface area contributed by atoms with Crippen molar-refractivity contribution in [3.8, 4) is 0 Å². The van der Waals surface area contributed by atoms with E-state index in [0.29, 0.717) is 0 Å². The minimum absolute atomic E-state index is 0.204. The van der Waals surface area contributed by atoms with Gasteiger partial charge in [0.25, 0.3) is 0 Å². The van der Waals surface area contributed by atoms with Crippen molar-refractivity contribution in [1.82, 2.24) is 0 Å². The summed E-state index contributed by atoms with van der Waals surface area (Å²) in [6, 6.07) is 9.11. The molecule has 0 heterocycles. The first-order chi connectivity index (χ1) is 8.15. The maximum absolute atomic E-state index is 10.7. The van der Waals surface area contributed by atoms with Gasteiger partial charge in [0, 0.05) is 10.8 Å². The van der Waals surface area contributed by atoms with Crippen LogP contribution in [-0.4, -0.2) is 17.8 Å². The number of hydrogen-bond acceptors (Lipinski definition) is 3. The summed E-state index contributed by atoms with van der Waals surface area (Å²) in [6.45, 7) is 5.50. The number of nitrogens with zero attached hydrogens (tertiary/aromatic N) is 1. The van der Waals surface area contributed by atoms with E-state index in [-0.39, 0.29) is 23.3 Å². The zero-order valence-electron chi connectivity index (χ0n) is 10.5. The van der Waals surface area contributed by atoms with E-state index in [1.165, 1.54) is 0 Å². The number of aldehydes is 1. The number of carbonyl (C=O) groups is 1. The zero-order chi connectivity index (χ0) is 13.3. The van der Waals surface area contributed by atoms with Crippen LogP contribution in [0.2, 0.25) is 0 Å². The molecule has 0 amide bonds. The molecule has 0 aliphatic carbocycles. The minimum Gasteiger partial charge on any atom is -0.303 e. The lowest BCUT2D eigenvalue weighted by Gasteiger charge is -2.15. The van der Waals surface area contributed by atoms with Gasteiger partial charge in [-0.2, -0.15) is 0 Å². The van der Waals surface area contributed by atoms with Gasteiger partial charge >= 0.3 is 0 Å². The fraction of sp³-hybridized carbons (Fsp3) is 0.462. The molecule has 1 rings (SSSR count). The van der Waals surface area contributed by atoms with Crippen molar-refractivity contribution in [1.29, 1.82) is 0 Å². The van der Waals surface area contributed by atoms with Crippen molar-refractivity contribution in [2.75, 3.05) is 6.54 Å². The molecule has 0 radical (unpaired) electrons. The molecule has 1 aromatic carbocycles. The van der Waals surface area contributed by atoms with Crippen LogP contribution >= 0.6 is 0 Å². The molecule has 0 aliphatic heterocycles. The fourth-order valence-corrected chi connectivity index (χ4v) is 1.53. The third kappa shape index (κ3) is 5.24. The van der Waals surface area contributed by atoms with Crippen molar-refractivity contribution in [3.05, 3.63) is 46.0 Å². The molecule has 0 N–H and O–H groups in total. The van der Waals surface area contributed by atoms with Gasteiger partial charge in [0.2, 0.25) is 6.54 Å². The Morgan fingerprint density at radius 1 is 1.29 bits per heavy atom. The van der Waals surface area contributed by atoms with Crippen LogP contribution in [0.1, 0.15) is 32.3 Å². The van der Waals surface area contributed by atoms with E-state index in [9.17, 15) is 14.9 Å². The summed E-state index contributed by atoms with van der Waals surface area (Å²) in [5, 5.41) is 10.5. The summed E-state index contributed by atoms with van der Waals surface area (Å²) in [6.07, 6.45) is 0.765. The van der Waals surface area contributed by atoms with Crippen LogP contribution < -0.4 is 0 Å². The molecular formula is C13H19NO3. The predicted octanol–water partition coefficient (Wildman–Crippen LogP) is 2.91. The second-order valence-corrected chi connectivity index (χ2v) is 3.53.